The van der Waals surface area contributed by atoms with Gasteiger partial charge in [-0.3, -0.25) is 14.4 Å². The van der Waals surface area contributed by atoms with Gasteiger partial charge in [0.15, 0.2) is 0 Å². The summed E-state index contributed by atoms with van der Waals surface area (Å²) in [6.07, 6.45) is 7.28. The number of likely N-dealkylation sites (tertiary alicyclic amines) is 1. The van der Waals surface area contributed by atoms with Crippen LogP contribution in [0, 0.1) is 5.92 Å². The van der Waals surface area contributed by atoms with E-state index in [4.69, 9.17) is 20.8 Å². The molecule has 2 fully saturated rings. The fourth-order valence-electron chi connectivity index (χ4n) is 5.00. The topological polar surface area (TPSA) is 127 Å². The molecule has 11 heteroatoms. The van der Waals surface area contributed by atoms with Crippen molar-refractivity contribution in [2.75, 3.05) is 24.3 Å². The van der Waals surface area contributed by atoms with E-state index in [2.05, 4.69) is 20.6 Å². The van der Waals surface area contributed by atoms with E-state index < -0.39 is 5.91 Å². The zero-order chi connectivity index (χ0) is 25.2. The Morgan fingerprint density at radius 1 is 1.14 bits per heavy atom. The summed E-state index contributed by atoms with van der Waals surface area (Å²) in [6, 6.07) is 4.96. The molecule has 1 aliphatic heterocycles. The number of anilines is 2. The van der Waals surface area contributed by atoms with Gasteiger partial charge in [-0.25, -0.2) is 9.97 Å². The van der Waals surface area contributed by atoms with Gasteiger partial charge in [-0.2, -0.15) is 0 Å². The minimum absolute atomic E-state index is 0.0854. The summed E-state index contributed by atoms with van der Waals surface area (Å²) in [5.41, 5.74) is 0.547. The van der Waals surface area contributed by atoms with Gasteiger partial charge in [0.25, 0.3) is 5.91 Å². The molecule has 5 rings (SSSR count). The van der Waals surface area contributed by atoms with E-state index in [1.807, 2.05) is 4.90 Å². The first-order valence-electron chi connectivity index (χ1n) is 11.9. The minimum atomic E-state index is -0.588. The standard InChI is InChI=1S/C25H26ClN5O5/c1-35-25-20-17(10-11-27-25)36-22(24(34)29-18-9-6-15(26)13-28-18)21(20)30-23(33)14-4-7-16(8-5-14)31-12-2-3-19(31)32/h6,9-11,13-14,16H,2-5,7-8,12H2,1H3,(H,30,33)(H,28,29,34). The van der Waals surface area contributed by atoms with Gasteiger partial charge in [0, 0.05) is 43.4 Å². The number of hydrogen-bond acceptors (Lipinski definition) is 7. The third kappa shape index (κ3) is 4.73. The Morgan fingerprint density at radius 2 is 1.94 bits per heavy atom. The number of methoxy groups -OCH3 is 1. The van der Waals surface area contributed by atoms with Crippen LogP contribution in [0.25, 0.3) is 11.0 Å². The van der Waals surface area contributed by atoms with E-state index in [0.717, 1.165) is 25.8 Å². The zero-order valence-corrected chi connectivity index (χ0v) is 20.5. The highest BCUT2D eigenvalue weighted by molar-refractivity contribution is 6.30. The summed E-state index contributed by atoms with van der Waals surface area (Å²) < 4.78 is 11.2. The first-order chi connectivity index (χ1) is 17.4. The van der Waals surface area contributed by atoms with Crippen LogP contribution in [0.2, 0.25) is 5.02 Å². The molecule has 0 atom stereocenters. The number of amides is 3. The molecule has 0 bridgehead atoms. The number of ether oxygens (including phenoxy) is 1. The molecular weight excluding hydrogens is 486 g/mol. The number of carbonyl (C=O) groups excluding carboxylic acids is 3. The summed E-state index contributed by atoms with van der Waals surface area (Å²) in [5, 5.41) is 6.41. The van der Waals surface area contributed by atoms with Crippen molar-refractivity contribution in [2.24, 2.45) is 5.92 Å². The Balaban J connectivity index is 1.37. The fraction of sp³-hybridized carbons (Fsp3) is 0.400. The maximum Gasteiger partial charge on any atom is 0.294 e. The van der Waals surface area contributed by atoms with E-state index in [0.29, 0.717) is 35.3 Å². The predicted molar refractivity (Wildman–Crippen MR) is 133 cm³/mol. The van der Waals surface area contributed by atoms with Gasteiger partial charge in [-0.05, 0) is 44.2 Å². The average molecular weight is 512 g/mol. The van der Waals surface area contributed by atoms with Crippen molar-refractivity contribution < 1.29 is 23.5 Å². The van der Waals surface area contributed by atoms with Crippen LogP contribution in [0.4, 0.5) is 11.5 Å². The smallest absolute Gasteiger partial charge is 0.294 e. The van der Waals surface area contributed by atoms with E-state index >= 15 is 0 Å². The van der Waals surface area contributed by atoms with Crippen LogP contribution in [0.1, 0.15) is 49.1 Å². The van der Waals surface area contributed by atoms with E-state index in [-0.39, 0.29) is 46.9 Å². The van der Waals surface area contributed by atoms with Crippen LogP contribution in [0.5, 0.6) is 5.88 Å². The van der Waals surface area contributed by atoms with Gasteiger partial charge in [-0.1, -0.05) is 11.6 Å². The Kier molecular flexibility index (Phi) is 6.77. The molecule has 0 aromatic carbocycles. The third-order valence-corrected chi connectivity index (χ3v) is 7.03. The second-order valence-electron chi connectivity index (χ2n) is 9.00. The lowest BCUT2D eigenvalue weighted by atomic mass is 9.84. The molecule has 3 aromatic rings. The molecule has 0 spiro atoms. The molecule has 2 N–H and O–H groups in total. The first kappa shape index (κ1) is 24.1. The number of nitrogens with one attached hydrogen (secondary N) is 2. The van der Waals surface area contributed by atoms with Gasteiger partial charge in [0.1, 0.15) is 22.5 Å². The number of rotatable bonds is 6. The van der Waals surface area contributed by atoms with Crippen molar-refractivity contribution >= 4 is 51.8 Å². The number of halogens is 1. The maximum atomic E-state index is 13.3. The molecule has 0 radical (unpaired) electrons. The molecule has 1 saturated heterocycles. The Bertz CT molecular complexity index is 1300. The van der Waals surface area contributed by atoms with Gasteiger partial charge in [-0.15, -0.1) is 0 Å². The monoisotopic (exact) mass is 511 g/mol. The Labute approximate surface area is 212 Å². The number of nitrogens with zero attached hydrogens (tertiary/aromatic N) is 3. The molecule has 1 aliphatic carbocycles. The van der Waals surface area contributed by atoms with Crippen molar-refractivity contribution in [3.63, 3.8) is 0 Å². The van der Waals surface area contributed by atoms with Crippen LogP contribution in [0.15, 0.2) is 35.0 Å². The largest absolute Gasteiger partial charge is 0.480 e. The van der Waals surface area contributed by atoms with Crippen LogP contribution in [-0.2, 0) is 9.59 Å². The lowest BCUT2D eigenvalue weighted by Gasteiger charge is -2.34. The summed E-state index contributed by atoms with van der Waals surface area (Å²) in [6.45, 7) is 0.801. The minimum Gasteiger partial charge on any atom is -0.480 e. The highest BCUT2D eigenvalue weighted by Crippen LogP contribution is 2.38. The van der Waals surface area contributed by atoms with Crippen molar-refractivity contribution in [3.05, 3.63) is 41.4 Å². The highest BCUT2D eigenvalue weighted by Gasteiger charge is 2.34. The molecule has 1 saturated carbocycles. The second kappa shape index (κ2) is 10.1. The lowest BCUT2D eigenvalue weighted by Crippen LogP contribution is -2.40. The summed E-state index contributed by atoms with van der Waals surface area (Å²) in [5.74, 6) is -0.423. The maximum absolute atomic E-state index is 13.3. The van der Waals surface area contributed by atoms with Crippen molar-refractivity contribution in [1.29, 1.82) is 0 Å². The van der Waals surface area contributed by atoms with E-state index in [9.17, 15) is 14.4 Å². The zero-order valence-electron chi connectivity index (χ0n) is 19.8. The predicted octanol–water partition coefficient (Wildman–Crippen LogP) is 4.26. The van der Waals surface area contributed by atoms with E-state index in [1.165, 1.54) is 19.5 Å². The number of hydrogen-bond donors (Lipinski definition) is 2. The quantitative estimate of drug-likeness (QED) is 0.506. The molecule has 3 amide bonds. The number of aromatic nitrogens is 2. The highest BCUT2D eigenvalue weighted by atomic mass is 35.5. The second-order valence-corrected chi connectivity index (χ2v) is 9.44. The molecule has 36 heavy (non-hydrogen) atoms. The number of pyridine rings is 2. The van der Waals surface area contributed by atoms with E-state index in [1.54, 1.807) is 18.2 Å². The fourth-order valence-corrected chi connectivity index (χ4v) is 5.11. The summed E-state index contributed by atoms with van der Waals surface area (Å²) in [7, 11) is 1.46. The Morgan fingerprint density at radius 3 is 2.61 bits per heavy atom. The normalized spacial score (nSPS) is 19.9. The Hall–Kier alpha value is -3.66. The average Bonchev–Trinajstić information content (AvgIpc) is 3.49. The van der Waals surface area contributed by atoms with Gasteiger partial charge in [0.05, 0.1) is 12.1 Å². The van der Waals surface area contributed by atoms with Gasteiger partial charge < -0.3 is 24.7 Å². The third-order valence-electron chi connectivity index (χ3n) is 6.80. The van der Waals surface area contributed by atoms with Crippen molar-refractivity contribution in [2.45, 2.75) is 44.6 Å². The molecule has 10 nitrogen and oxygen atoms in total. The van der Waals surface area contributed by atoms with Crippen LogP contribution in [0.3, 0.4) is 0 Å². The molecule has 188 valence electrons. The van der Waals surface area contributed by atoms with Crippen LogP contribution < -0.4 is 15.4 Å². The molecule has 0 unspecified atom stereocenters. The molecule has 3 aromatic heterocycles. The number of carbonyl (C=O) groups is 3. The van der Waals surface area contributed by atoms with Crippen molar-refractivity contribution in [3.8, 4) is 5.88 Å². The SMILES string of the molecule is COc1nccc2oc(C(=O)Nc3ccc(Cl)cn3)c(NC(=O)C3CCC(N4CCCC4=O)CC3)c12. The summed E-state index contributed by atoms with van der Waals surface area (Å²) in [4.78, 5) is 48.8. The van der Waals surface area contributed by atoms with Crippen LogP contribution >= 0.6 is 11.6 Å². The first-order valence-corrected chi connectivity index (χ1v) is 12.3. The van der Waals surface area contributed by atoms with Crippen LogP contribution in [-0.4, -0.2) is 52.3 Å². The molecule has 4 heterocycles. The molecular formula is C25H26ClN5O5. The van der Waals surface area contributed by atoms with Crippen molar-refractivity contribution in [1.82, 2.24) is 14.9 Å². The van der Waals surface area contributed by atoms with Gasteiger partial charge >= 0.3 is 0 Å². The number of fused-ring (bicyclic) bond motifs is 1. The lowest BCUT2D eigenvalue weighted by molar-refractivity contribution is -0.130. The van der Waals surface area contributed by atoms with Gasteiger partial charge in [0.2, 0.25) is 23.5 Å². The molecule has 2 aliphatic rings. The number of furan rings is 1. The summed E-state index contributed by atoms with van der Waals surface area (Å²) >= 11 is 5.88.